The highest BCUT2D eigenvalue weighted by molar-refractivity contribution is 7.09. The van der Waals surface area contributed by atoms with Crippen LogP contribution in [-0.4, -0.2) is 48.2 Å². The van der Waals surface area contributed by atoms with Gasteiger partial charge in [-0.15, -0.1) is 16.4 Å². The number of thiazole rings is 1. The molecule has 9 nitrogen and oxygen atoms in total. The molecule has 12 heteroatoms. The smallest absolute Gasteiger partial charge is 0.225 e. The molecule has 1 aromatic carbocycles. The first kappa shape index (κ1) is 22.3. The highest BCUT2D eigenvalue weighted by atomic mass is 32.1. The van der Waals surface area contributed by atoms with Crippen LogP contribution in [0.1, 0.15) is 41.9 Å². The molecule has 0 atom stereocenters. The zero-order valence-corrected chi connectivity index (χ0v) is 19.3. The second-order valence-corrected chi connectivity index (χ2v) is 8.85. The molecule has 1 fully saturated rings. The van der Waals surface area contributed by atoms with E-state index in [0.717, 1.165) is 61.0 Å². The molecule has 0 saturated carbocycles. The molecule has 176 valence electrons. The Labute approximate surface area is 198 Å². The normalized spacial score (nSPS) is 14.5. The molecule has 0 N–H and O–H groups in total. The van der Waals surface area contributed by atoms with Gasteiger partial charge in [0, 0.05) is 48.9 Å². The highest BCUT2D eigenvalue weighted by Crippen LogP contribution is 2.32. The van der Waals surface area contributed by atoms with Crippen molar-refractivity contribution >= 4 is 17.3 Å². The zero-order valence-electron chi connectivity index (χ0n) is 18.4. The van der Waals surface area contributed by atoms with E-state index in [2.05, 4.69) is 42.3 Å². The van der Waals surface area contributed by atoms with Crippen LogP contribution in [-0.2, 0) is 13.0 Å². The second-order valence-electron chi connectivity index (χ2n) is 7.96. The fraction of sp³-hybridized carbons (Fsp3) is 0.364. The average molecular weight is 485 g/mol. The molecule has 0 aliphatic carbocycles. The molecular weight excluding hydrogens is 462 g/mol. The maximum atomic E-state index is 14.4. The lowest BCUT2D eigenvalue weighted by molar-refractivity contribution is 0.270. The lowest BCUT2D eigenvalue weighted by Gasteiger charge is -2.31. The summed E-state index contributed by atoms with van der Waals surface area (Å²) in [6.07, 6.45) is 7.82. The van der Waals surface area contributed by atoms with E-state index in [9.17, 15) is 8.78 Å². The molecule has 1 aliphatic heterocycles. The van der Waals surface area contributed by atoms with Gasteiger partial charge in [0.2, 0.25) is 5.95 Å². The van der Waals surface area contributed by atoms with E-state index in [4.69, 9.17) is 4.74 Å². The summed E-state index contributed by atoms with van der Waals surface area (Å²) in [5.41, 5.74) is 1.94. The Morgan fingerprint density at radius 1 is 1.12 bits per heavy atom. The molecule has 0 unspecified atom stereocenters. The van der Waals surface area contributed by atoms with Gasteiger partial charge in [0.05, 0.1) is 16.4 Å². The Kier molecular flexibility index (Phi) is 6.39. The summed E-state index contributed by atoms with van der Waals surface area (Å²) in [4.78, 5) is 15.8. The average Bonchev–Trinajstić information content (AvgIpc) is 3.56. The Hall–Kier alpha value is -3.54. The van der Waals surface area contributed by atoms with E-state index in [1.807, 2.05) is 17.8 Å². The van der Waals surface area contributed by atoms with Gasteiger partial charge in [0.25, 0.3) is 0 Å². The van der Waals surface area contributed by atoms with Gasteiger partial charge in [0.1, 0.15) is 12.9 Å². The van der Waals surface area contributed by atoms with Crippen LogP contribution in [0.25, 0.3) is 5.69 Å². The predicted octanol–water partition coefficient (Wildman–Crippen LogP) is 3.71. The topological polar surface area (TPSA) is 94.7 Å². The second kappa shape index (κ2) is 9.75. The van der Waals surface area contributed by atoms with Gasteiger partial charge in [-0.1, -0.05) is 6.92 Å². The minimum atomic E-state index is -0.831. The van der Waals surface area contributed by atoms with Crippen LogP contribution in [0.3, 0.4) is 0 Å². The number of anilines is 1. The highest BCUT2D eigenvalue weighted by Gasteiger charge is 2.24. The number of halogens is 2. The van der Waals surface area contributed by atoms with Gasteiger partial charge >= 0.3 is 0 Å². The molecule has 34 heavy (non-hydrogen) atoms. The van der Waals surface area contributed by atoms with Crippen molar-refractivity contribution in [2.24, 2.45) is 0 Å². The minimum Gasteiger partial charge on any atom is -0.481 e. The number of hydrogen-bond donors (Lipinski definition) is 0. The zero-order chi connectivity index (χ0) is 23.5. The predicted molar refractivity (Wildman–Crippen MR) is 121 cm³/mol. The Balaban J connectivity index is 1.18. The van der Waals surface area contributed by atoms with Crippen LogP contribution in [0, 0.1) is 11.6 Å². The Morgan fingerprint density at radius 3 is 2.50 bits per heavy atom. The summed E-state index contributed by atoms with van der Waals surface area (Å²) in [7, 11) is 0. The summed E-state index contributed by atoms with van der Waals surface area (Å²) in [5.74, 6) is -1.02. The fourth-order valence-electron chi connectivity index (χ4n) is 3.84. The maximum Gasteiger partial charge on any atom is 0.225 e. The van der Waals surface area contributed by atoms with Crippen molar-refractivity contribution in [1.82, 2.24) is 35.2 Å². The van der Waals surface area contributed by atoms with Crippen LogP contribution in [0.15, 0.2) is 36.2 Å². The molecule has 1 aliphatic rings. The first-order valence-electron chi connectivity index (χ1n) is 11.0. The number of benzene rings is 1. The van der Waals surface area contributed by atoms with Gasteiger partial charge in [-0.3, -0.25) is 0 Å². The van der Waals surface area contributed by atoms with Crippen molar-refractivity contribution in [2.75, 3.05) is 18.0 Å². The largest absolute Gasteiger partial charge is 0.481 e. The molecule has 4 heterocycles. The Bertz CT molecular complexity index is 1220. The van der Waals surface area contributed by atoms with Crippen molar-refractivity contribution in [1.29, 1.82) is 0 Å². The standard InChI is InChI=1S/C22H22F2N8OS/c1-2-14-9-25-22(26-10-14)31-5-3-15(4-6-31)21-28-16(12-34-21)11-33-20-18(23)7-17(8-19(20)24)32-13-27-29-30-32/h7-10,12-13,15H,2-6,11H2,1H3. The molecule has 1 saturated heterocycles. The summed E-state index contributed by atoms with van der Waals surface area (Å²) in [6.45, 7) is 3.76. The number of piperidine rings is 1. The van der Waals surface area contributed by atoms with Crippen LogP contribution < -0.4 is 9.64 Å². The first-order chi connectivity index (χ1) is 16.6. The van der Waals surface area contributed by atoms with Crippen LogP contribution in [0.4, 0.5) is 14.7 Å². The molecule has 3 aromatic heterocycles. The number of aryl methyl sites for hydroxylation is 1. The third-order valence-electron chi connectivity index (χ3n) is 5.76. The van der Waals surface area contributed by atoms with E-state index in [1.54, 1.807) is 11.3 Å². The van der Waals surface area contributed by atoms with Gasteiger partial charge in [0.15, 0.2) is 17.4 Å². The molecule has 0 amide bonds. The molecule has 0 bridgehead atoms. The molecule has 0 spiro atoms. The van der Waals surface area contributed by atoms with E-state index < -0.39 is 17.4 Å². The third kappa shape index (κ3) is 4.72. The minimum absolute atomic E-state index is 0.0228. The van der Waals surface area contributed by atoms with Gasteiger partial charge < -0.3 is 9.64 Å². The van der Waals surface area contributed by atoms with Crippen molar-refractivity contribution < 1.29 is 13.5 Å². The number of aromatic nitrogens is 7. The lowest BCUT2D eigenvalue weighted by Crippen LogP contribution is -2.34. The molecular formula is C22H22F2N8OS. The number of rotatable bonds is 7. The van der Waals surface area contributed by atoms with Crippen LogP contribution in [0.5, 0.6) is 5.75 Å². The van der Waals surface area contributed by atoms with Crippen LogP contribution in [0.2, 0.25) is 0 Å². The van der Waals surface area contributed by atoms with Crippen molar-refractivity contribution in [2.45, 2.75) is 38.7 Å². The van der Waals surface area contributed by atoms with Gasteiger partial charge in [-0.25, -0.2) is 28.4 Å². The summed E-state index contributed by atoms with van der Waals surface area (Å²) in [6, 6.07) is 2.24. The van der Waals surface area contributed by atoms with Crippen molar-refractivity contribution in [3.63, 3.8) is 0 Å². The van der Waals surface area contributed by atoms with E-state index >= 15 is 0 Å². The van der Waals surface area contributed by atoms with E-state index in [1.165, 1.54) is 11.0 Å². The number of tetrazole rings is 1. The van der Waals surface area contributed by atoms with Crippen molar-refractivity contribution in [3.8, 4) is 11.4 Å². The molecule has 4 aromatic rings. The number of nitrogens with zero attached hydrogens (tertiary/aromatic N) is 8. The molecule has 5 rings (SSSR count). The van der Waals surface area contributed by atoms with Crippen LogP contribution >= 0.6 is 11.3 Å². The van der Waals surface area contributed by atoms with Crippen molar-refractivity contribution in [3.05, 3.63) is 64.1 Å². The van der Waals surface area contributed by atoms with E-state index in [-0.39, 0.29) is 12.3 Å². The summed E-state index contributed by atoms with van der Waals surface area (Å²) < 4.78 is 35.5. The molecule has 0 radical (unpaired) electrons. The quantitative estimate of drug-likeness (QED) is 0.392. The van der Waals surface area contributed by atoms with Gasteiger partial charge in [-0.2, -0.15) is 0 Å². The monoisotopic (exact) mass is 484 g/mol. The summed E-state index contributed by atoms with van der Waals surface area (Å²) >= 11 is 1.55. The fourth-order valence-corrected chi connectivity index (χ4v) is 4.81. The SMILES string of the molecule is CCc1cnc(N2CCC(c3nc(COc4c(F)cc(-n5cnnn5)cc4F)cs3)CC2)nc1. The maximum absolute atomic E-state index is 14.4. The van der Waals surface area contributed by atoms with E-state index in [0.29, 0.717) is 11.6 Å². The van der Waals surface area contributed by atoms with Gasteiger partial charge in [-0.05, 0) is 35.3 Å². The number of ether oxygens (including phenoxy) is 1. The lowest BCUT2D eigenvalue weighted by atomic mass is 9.98. The number of hydrogen-bond acceptors (Lipinski definition) is 9. The summed E-state index contributed by atoms with van der Waals surface area (Å²) in [5, 5.41) is 13.4. The Morgan fingerprint density at radius 2 is 1.85 bits per heavy atom. The third-order valence-corrected chi connectivity index (χ3v) is 6.81. The first-order valence-corrected chi connectivity index (χ1v) is 11.8.